The van der Waals surface area contributed by atoms with Crippen molar-refractivity contribution in [2.24, 2.45) is 5.92 Å². The van der Waals surface area contributed by atoms with E-state index in [0.717, 1.165) is 36.1 Å². The van der Waals surface area contributed by atoms with Gasteiger partial charge in [0.05, 0.1) is 18.1 Å². The van der Waals surface area contributed by atoms with Crippen LogP contribution in [0.25, 0.3) is 0 Å². The normalized spacial score (nSPS) is 19.1. The maximum atomic E-state index is 12.7. The summed E-state index contributed by atoms with van der Waals surface area (Å²) in [7, 11) is 0. The number of hydrogen-bond acceptors (Lipinski definition) is 5. The summed E-state index contributed by atoms with van der Waals surface area (Å²) in [6, 6.07) is 5.93. The Morgan fingerprint density at radius 1 is 1.32 bits per heavy atom. The van der Waals surface area contributed by atoms with Crippen molar-refractivity contribution in [3.05, 3.63) is 51.5 Å². The van der Waals surface area contributed by atoms with E-state index in [1.807, 2.05) is 29.3 Å². The molecule has 1 N–H and O–H groups in total. The molecule has 1 atom stereocenters. The molecule has 1 fully saturated rings. The van der Waals surface area contributed by atoms with Gasteiger partial charge in [0.25, 0.3) is 5.91 Å². The predicted molar refractivity (Wildman–Crippen MR) is 108 cm³/mol. The number of nitrogens with zero attached hydrogens (tertiary/aromatic N) is 2. The number of amides is 2. The van der Waals surface area contributed by atoms with Gasteiger partial charge in [0, 0.05) is 42.8 Å². The number of ether oxygens (including phenoxy) is 1. The van der Waals surface area contributed by atoms with Crippen LogP contribution in [0.1, 0.15) is 32.1 Å². The van der Waals surface area contributed by atoms with Crippen LogP contribution >= 0.6 is 11.3 Å². The van der Waals surface area contributed by atoms with Gasteiger partial charge in [-0.1, -0.05) is 6.07 Å². The molecular formula is C21H25N3O3S. The molecule has 2 aliphatic rings. The van der Waals surface area contributed by atoms with Crippen LogP contribution in [-0.4, -0.2) is 54.5 Å². The monoisotopic (exact) mass is 399 g/mol. The molecule has 0 unspecified atom stereocenters. The van der Waals surface area contributed by atoms with Crippen LogP contribution in [-0.2, 0) is 28.8 Å². The van der Waals surface area contributed by atoms with Crippen LogP contribution in [0.2, 0.25) is 0 Å². The lowest BCUT2D eigenvalue weighted by Gasteiger charge is -2.26. The van der Waals surface area contributed by atoms with Gasteiger partial charge in [0.2, 0.25) is 5.91 Å². The molecule has 0 saturated carbocycles. The fraction of sp³-hybridized carbons (Fsp3) is 0.476. The van der Waals surface area contributed by atoms with E-state index in [0.29, 0.717) is 32.8 Å². The van der Waals surface area contributed by atoms with Gasteiger partial charge in [-0.2, -0.15) is 0 Å². The van der Waals surface area contributed by atoms with Gasteiger partial charge in [-0.3, -0.25) is 14.6 Å². The standard InChI is InChI=1S/C21H25N3O3S/c25-20(23-7-5-15-2-1-6-22-14-15)16-3-4-18-17(12-16)13-19(28-18)21(26)24-8-10-27-11-9-24/h1-2,6,13-14,16H,3-5,7-12H2,(H,23,25)/t16-/m0/s1. The van der Waals surface area contributed by atoms with Crippen molar-refractivity contribution >= 4 is 23.2 Å². The van der Waals surface area contributed by atoms with Gasteiger partial charge >= 0.3 is 0 Å². The van der Waals surface area contributed by atoms with Gasteiger partial charge < -0.3 is 15.0 Å². The number of aryl methyl sites for hydroxylation is 1. The minimum absolute atomic E-state index is 0.0117. The number of morpholine rings is 1. The Morgan fingerprint density at radius 2 is 2.18 bits per heavy atom. The summed E-state index contributed by atoms with van der Waals surface area (Å²) in [5.74, 6) is 0.198. The molecule has 7 heteroatoms. The summed E-state index contributed by atoms with van der Waals surface area (Å²) >= 11 is 1.60. The molecule has 4 rings (SSSR count). The second-order valence-corrected chi connectivity index (χ2v) is 8.44. The van der Waals surface area contributed by atoms with E-state index in [2.05, 4.69) is 10.3 Å². The average molecular weight is 400 g/mol. The fourth-order valence-corrected chi connectivity index (χ4v) is 4.97. The lowest BCUT2D eigenvalue weighted by Crippen LogP contribution is -2.40. The lowest BCUT2D eigenvalue weighted by atomic mass is 9.87. The number of thiophene rings is 1. The highest BCUT2D eigenvalue weighted by atomic mass is 32.1. The van der Waals surface area contributed by atoms with Crippen molar-refractivity contribution in [2.45, 2.75) is 25.7 Å². The summed E-state index contributed by atoms with van der Waals surface area (Å²) in [4.78, 5) is 33.3. The second-order valence-electron chi connectivity index (χ2n) is 7.31. The zero-order valence-corrected chi connectivity index (χ0v) is 16.7. The SMILES string of the molecule is O=C(NCCc1cccnc1)[C@H]1CCc2sc(C(=O)N3CCOCC3)cc2C1. The van der Waals surface area contributed by atoms with Crippen molar-refractivity contribution in [3.8, 4) is 0 Å². The molecule has 0 spiro atoms. The molecule has 0 bridgehead atoms. The first-order valence-electron chi connectivity index (χ1n) is 9.86. The molecule has 0 radical (unpaired) electrons. The summed E-state index contributed by atoms with van der Waals surface area (Å²) in [5, 5.41) is 3.06. The van der Waals surface area contributed by atoms with Gasteiger partial charge in [-0.25, -0.2) is 0 Å². The number of fused-ring (bicyclic) bond motifs is 1. The third-order valence-corrected chi connectivity index (χ3v) is 6.62. The molecule has 6 nitrogen and oxygen atoms in total. The van der Waals surface area contributed by atoms with E-state index in [4.69, 9.17) is 4.74 Å². The number of carbonyl (C=O) groups excluding carboxylic acids is 2. The van der Waals surface area contributed by atoms with Crippen LogP contribution in [0.4, 0.5) is 0 Å². The van der Waals surface area contributed by atoms with Crippen molar-refractivity contribution in [1.82, 2.24) is 15.2 Å². The fourth-order valence-electron chi connectivity index (χ4n) is 3.80. The van der Waals surface area contributed by atoms with Crippen molar-refractivity contribution in [2.75, 3.05) is 32.8 Å². The minimum Gasteiger partial charge on any atom is -0.378 e. The molecule has 2 amide bonds. The summed E-state index contributed by atoms with van der Waals surface area (Å²) < 4.78 is 5.33. The quantitative estimate of drug-likeness (QED) is 0.836. The Hall–Kier alpha value is -2.25. The average Bonchev–Trinajstić information content (AvgIpc) is 3.18. The minimum atomic E-state index is -0.0117. The van der Waals surface area contributed by atoms with Crippen LogP contribution in [0.15, 0.2) is 30.6 Å². The Kier molecular flexibility index (Phi) is 6.02. The van der Waals surface area contributed by atoms with Crippen LogP contribution in [0, 0.1) is 5.92 Å². The number of nitrogens with one attached hydrogen (secondary N) is 1. The molecule has 0 aromatic carbocycles. The molecule has 28 heavy (non-hydrogen) atoms. The summed E-state index contributed by atoms with van der Waals surface area (Å²) in [5.41, 5.74) is 2.29. The number of hydrogen-bond donors (Lipinski definition) is 1. The van der Waals surface area contributed by atoms with E-state index < -0.39 is 0 Å². The van der Waals surface area contributed by atoms with E-state index in [1.165, 1.54) is 10.4 Å². The third kappa shape index (κ3) is 4.42. The largest absolute Gasteiger partial charge is 0.378 e. The molecular weight excluding hydrogens is 374 g/mol. The topological polar surface area (TPSA) is 71.5 Å². The molecule has 1 saturated heterocycles. The first kappa shape index (κ1) is 19.1. The predicted octanol–water partition coefficient (Wildman–Crippen LogP) is 2.08. The third-order valence-electron chi connectivity index (χ3n) is 5.40. The maximum absolute atomic E-state index is 12.7. The highest BCUT2D eigenvalue weighted by molar-refractivity contribution is 7.14. The zero-order chi connectivity index (χ0) is 19.3. The van der Waals surface area contributed by atoms with Crippen molar-refractivity contribution < 1.29 is 14.3 Å². The first-order chi connectivity index (χ1) is 13.7. The first-order valence-corrected chi connectivity index (χ1v) is 10.7. The summed E-state index contributed by atoms with van der Waals surface area (Å²) in [6.45, 7) is 3.15. The van der Waals surface area contributed by atoms with Gasteiger partial charge in [0.1, 0.15) is 0 Å². The molecule has 148 valence electrons. The van der Waals surface area contributed by atoms with Gasteiger partial charge in [-0.05, 0) is 48.9 Å². The Bertz CT molecular complexity index is 831. The molecule has 1 aliphatic carbocycles. The second kappa shape index (κ2) is 8.84. The zero-order valence-electron chi connectivity index (χ0n) is 15.9. The molecule has 1 aliphatic heterocycles. The van der Waals surface area contributed by atoms with Gasteiger partial charge in [-0.15, -0.1) is 11.3 Å². The molecule has 2 aromatic heterocycles. The highest BCUT2D eigenvalue weighted by Crippen LogP contribution is 2.33. The summed E-state index contributed by atoms with van der Waals surface area (Å²) in [6.07, 6.45) is 6.81. The van der Waals surface area contributed by atoms with Crippen LogP contribution in [0.5, 0.6) is 0 Å². The van der Waals surface area contributed by atoms with E-state index in [1.54, 1.807) is 17.5 Å². The maximum Gasteiger partial charge on any atom is 0.264 e. The number of rotatable bonds is 5. The van der Waals surface area contributed by atoms with E-state index >= 15 is 0 Å². The molecule has 2 aromatic rings. The number of carbonyl (C=O) groups is 2. The Balaban J connectivity index is 1.32. The van der Waals surface area contributed by atoms with E-state index in [9.17, 15) is 9.59 Å². The molecule has 3 heterocycles. The number of pyridine rings is 1. The van der Waals surface area contributed by atoms with Crippen LogP contribution < -0.4 is 5.32 Å². The van der Waals surface area contributed by atoms with Gasteiger partial charge in [0.15, 0.2) is 0 Å². The van der Waals surface area contributed by atoms with Crippen molar-refractivity contribution in [1.29, 1.82) is 0 Å². The van der Waals surface area contributed by atoms with Crippen molar-refractivity contribution in [3.63, 3.8) is 0 Å². The highest BCUT2D eigenvalue weighted by Gasteiger charge is 2.28. The smallest absolute Gasteiger partial charge is 0.264 e. The van der Waals surface area contributed by atoms with Crippen LogP contribution in [0.3, 0.4) is 0 Å². The lowest BCUT2D eigenvalue weighted by molar-refractivity contribution is -0.125. The Labute approximate surface area is 168 Å². The number of aromatic nitrogens is 1. The van der Waals surface area contributed by atoms with E-state index in [-0.39, 0.29) is 17.7 Å². The Morgan fingerprint density at radius 3 is 2.96 bits per heavy atom.